The number of fused-ring (bicyclic) bond motifs is 2. The summed E-state index contributed by atoms with van der Waals surface area (Å²) in [5, 5.41) is 1.31. The van der Waals surface area contributed by atoms with Crippen molar-refractivity contribution in [3.63, 3.8) is 0 Å². The summed E-state index contributed by atoms with van der Waals surface area (Å²) in [7, 11) is 0. The van der Waals surface area contributed by atoms with E-state index in [2.05, 4.69) is 36.2 Å². The lowest BCUT2D eigenvalue weighted by atomic mass is 10.1. The summed E-state index contributed by atoms with van der Waals surface area (Å²) in [5.74, 6) is 0.693. The minimum Gasteiger partial charge on any atom is -0.292 e. The van der Waals surface area contributed by atoms with Crippen LogP contribution in [0.15, 0.2) is 41.2 Å². The Labute approximate surface area is 149 Å². The van der Waals surface area contributed by atoms with E-state index in [0.29, 0.717) is 33.3 Å². The molecule has 3 aromatic rings. The summed E-state index contributed by atoms with van der Waals surface area (Å²) in [4.78, 5) is 17.4. The van der Waals surface area contributed by atoms with Crippen LogP contribution in [-0.2, 0) is 6.54 Å². The van der Waals surface area contributed by atoms with Gasteiger partial charge < -0.3 is 0 Å². The van der Waals surface area contributed by atoms with Gasteiger partial charge in [0.1, 0.15) is 5.82 Å². The molecule has 0 fully saturated rings. The second-order valence-electron chi connectivity index (χ2n) is 6.01. The van der Waals surface area contributed by atoms with E-state index in [1.807, 2.05) is 6.07 Å². The number of rotatable bonds is 1. The lowest BCUT2D eigenvalue weighted by Crippen LogP contribution is -2.20. The molecule has 0 atom stereocenters. The first-order chi connectivity index (χ1) is 11.5. The van der Waals surface area contributed by atoms with Crippen LogP contribution in [0.1, 0.15) is 23.4 Å². The number of benzene rings is 2. The summed E-state index contributed by atoms with van der Waals surface area (Å²) in [6.45, 7) is 2.68. The van der Waals surface area contributed by atoms with Gasteiger partial charge in [-0.25, -0.2) is 4.98 Å². The van der Waals surface area contributed by atoms with Gasteiger partial charge in [-0.3, -0.25) is 9.36 Å². The predicted molar refractivity (Wildman–Crippen MR) is 99.7 cm³/mol. The molecule has 1 aromatic heterocycles. The number of nitrogens with zero attached hydrogens (tertiary/aromatic N) is 2. The quantitative estimate of drug-likeness (QED) is 0.617. The van der Waals surface area contributed by atoms with Crippen LogP contribution in [0.25, 0.3) is 22.6 Å². The maximum Gasteiger partial charge on any atom is 0.261 e. The summed E-state index contributed by atoms with van der Waals surface area (Å²) < 4.78 is 1.70. The molecule has 24 heavy (non-hydrogen) atoms. The Morgan fingerprint density at radius 2 is 2.04 bits per heavy atom. The van der Waals surface area contributed by atoms with Crippen molar-refractivity contribution in [2.45, 2.75) is 19.9 Å². The number of aryl methyl sites for hydroxylation is 1. The number of aromatic nitrogens is 2. The molecule has 1 aliphatic heterocycles. The van der Waals surface area contributed by atoms with Crippen LogP contribution < -0.4 is 5.56 Å². The average molecular weight is 357 g/mol. The molecule has 2 aromatic carbocycles. The van der Waals surface area contributed by atoms with Gasteiger partial charge in [-0.15, -0.1) is 0 Å². The van der Waals surface area contributed by atoms with Gasteiger partial charge in [-0.05, 0) is 42.7 Å². The smallest absolute Gasteiger partial charge is 0.261 e. The molecule has 0 spiro atoms. The van der Waals surface area contributed by atoms with Gasteiger partial charge in [-0.2, -0.15) is 0 Å². The number of allylic oxidation sites excluding steroid dienone is 1. The van der Waals surface area contributed by atoms with Crippen LogP contribution in [0.2, 0.25) is 10.0 Å². The molecule has 0 bridgehead atoms. The molecule has 0 N–H and O–H groups in total. The van der Waals surface area contributed by atoms with Crippen LogP contribution in [0.3, 0.4) is 0 Å². The normalized spacial score (nSPS) is 15.2. The monoisotopic (exact) mass is 356 g/mol. The van der Waals surface area contributed by atoms with Crippen LogP contribution in [-0.4, -0.2) is 9.55 Å². The zero-order valence-corrected chi connectivity index (χ0v) is 14.5. The third-order valence-corrected chi connectivity index (χ3v) is 4.76. The van der Waals surface area contributed by atoms with Crippen molar-refractivity contribution < 1.29 is 0 Å². The average Bonchev–Trinajstić information content (AvgIpc) is 2.92. The van der Waals surface area contributed by atoms with Crippen LogP contribution in [0, 0.1) is 6.92 Å². The molecular formula is C19H14Cl2N2O. The first kappa shape index (κ1) is 15.4. The lowest BCUT2D eigenvalue weighted by molar-refractivity contribution is 0.725. The SMILES string of the molecule is Cc1cccc(/C=C2\CCn3c2nc2c(Cl)cc(Cl)cc2c3=O)c1. The number of halogens is 2. The third kappa shape index (κ3) is 2.54. The number of hydrogen-bond acceptors (Lipinski definition) is 2. The maximum atomic E-state index is 12.8. The van der Waals surface area contributed by atoms with Gasteiger partial charge in [0.05, 0.1) is 15.9 Å². The van der Waals surface area contributed by atoms with Crippen LogP contribution in [0.4, 0.5) is 0 Å². The van der Waals surface area contributed by atoms with Crippen molar-refractivity contribution in [2.75, 3.05) is 0 Å². The molecule has 120 valence electrons. The molecule has 0 amide bonds. The van der Waals surface area contributed by atoms with Crippen molar-refractivity contribution in [3.8, 4) is 0 Å². The molecule has 0 saturated heterocycles. The van der Waals surface area contributed by atoms with Crippen molar-refractivity contribution in [3.05, 3.63) is 73.7 Å². The van der Waals surface area contributed by atoms with E-state index in [0.717, 1.165) is 17.6 Å². The predicted octanol–water partition coefficient (Wildman–Crippen LogP) is 4.96. The highest BCUT2D eigenvalue weighted by atomic mass is 35.5. The minimum absolute atomic E-state index is 0.0907. The Morgan fingerprint density at radius 3 is 2.83 bits per heavy atom. The number of hydrogen-bond donors (Lipinski definition) is 0. The molecule has 5 heteroatoms. The van der Waals surface area contributed by atoms with Crippen LogP contribution >= 0.6 is 23.2 Å². The van der Waals surface area contributed by atoms with Crippen molar-refractivity contribution in [1.29, 1.82) is 0 Å². The zero-order chi connectivity index (χ0) is 16.8. The van der Waals surface area contributed by atoms with E-state index in [4.69, 9.17) is 23.2 Å². The van der Waals surface area contributed by atoms with Gasteiger partial charge in [0.25, 0.3) is 5.56 Å². The molecule has 3 nitrogen and oxygen atoms in total. The van der Waals surface area contributed by atoms with Crippen molar-refractivity contribution in [2.24, 2.45) is 0 Å². The topological polar surface area (TPSA) is 34.9 Å². The van der Waals surface area contributed by atoms with Gasteiger partial charge >= 0.3 is 0 Å². The third-order valence-electron chi connectivity index (χ3n) is 4.25. The van der Waals surface area contributed by atoms with Crippen molar-refractivity contribution >= 4 is 45.8 Å². The Kier molecular flexibility index (Phi) is 3.70. The molecule has 0 unspecified atom stereocenters. The highest BCUT2D eigenvalue weighted by Gasteiger charge is 2.22. The molecule has 0 radical (unpaired) electrons. The Morgan fingerprint density at radius 1 is 1.21 bits per heavy atom. The fourth-order valence-corrected chi connectivity index (χ4v) is 3.68. The summed E-state index contributed by atoms with van der Waals surface area (Å²) >= 11 is 12.3. The fraction of sp³-hybridized carbons (Fsp3) is 0.158. The molecule has 1 aliphatic rings. The largest absolute Gasteiger partial charge is 0.292 e. The van der Waals surface area contributed by atoms with E-state index < -0.39 is 0 Å². The molecule has 2 heterocycles. The van der Waals surface area contributed by atoms with E-state index in [-0.39, 0.29) is 5.56 Å². The van der Waals surface area contributed by atoms with Crippen LogP contribution in [0.5, 0.6) is 0 Å². The Balaban J connectivity index is 1.94. The second kappa shape index (κ2) is 5.76. The molecule has 0 aliphatic carbocycles. The minimum atomic E-state index is -0.0907. The second-order valence-corrected chi connectivity index (χ2v) is 6.85. The zero-order valence-electron chi connectivity index (χ0n) is 13.0. The highest BCUT2D eigenvalue weighted by molar-refractivity contribution is 6.38. The van der Waals surface area contributed by atoms with Gasteiger partial charge in [0.2, 0.25) is 0 Å². The Bertz CT molecular complexity index is 1070. The standard InChI is InChI=1S/C19H14Cl2N2O/c1-11-3-2-4-12(7-11)8-13-5-6-23-18(13)22-17-15(19(23)24)9-14(20)10-16(17)21/h2-4,7-10H,5-6H2,1H3/b13-8+. The van der Waals surface area contributed by atoms with Gasteiger partial charge in [0.15, 0.2) is 0 Å². The van der Waals surface area contributed by atoms with E-state index in [1.54, 1.807) is 16.7 Å². The van der Waals surface area contributed by atoms with E-state index >= 15 is 0 Å². The van der Waals surface area contributed by atoms with Crippen molar-refractivity contribution in [1.82, 2.24) is 9.55 Å². The summed E-state index contributed by atoms with van der Waals surface area (Å²) in [5.41, 5.74) is 3.77. The molecule has 0 saturated carbocycles. The fourth-order valence-electron chi connectivity index (χ4n) is 3.14. The van der Waals surface area contributed by atoms with E-state index in [1.165, 1.54) is 5.56 Å². The van der Waals surface area contributed by atoms with Gasteiger partial charge in [-0.1, -0.05) is 53.0 Å². The van der Waals surface area contributed by atoms with Gasteiger partial charge in [0, 0.05) is 11.6 Å². The molecular weight excluding hydrogens is 343 g/mol. The van der Waals surface area contributed by atoms with E-state index in [9.17, 15) is 4.79 Å². The maximum absolute atomic E-state index is 12.8. The molecule has 4 rings (SSSR count). The highest BCUT2D eigenvalue weighted by Crippen LogP contribution is 2.30. The Hall–Kier alpha value is -2.10. The first-order valence-corrected chi connectivity index (χ1v) is 8.46. The first-order valence-electron chi connectivity index (χ1n) is 7.70. The summed E-state index contributed by atoms with van der Waals surface area (Å²) in [6.07, 6.45) is 2.87. The summed E-state index contributed by atoms with van der Waals surface area (Å²) in [6, 6.07) is 11.5. The lowest BCUT2D eigenvalue weighted by Gasteiger charge is -2.07.